The second-order valence-corrected chi connectivity index (χ2v) is 6.99. The van der Waals surface area contributed by atoms with E-state index in [-0.39, 0.29) is 5.91 Å². The number of fused-ring (bicyclic) bond motifs is 1. The number of nitrogens with one attached hydrogen (secondary N) is 2. The molecule has 0 fully saturated rings. The van der Waals surface area contributed by atoms with Gasteiger partial charge in [0, 0.05) is 32.1 Å². The molecular formula is C22H15Cl2N3O. The Bertz CT molecular complexity index is 1180. The third-order valence-electron chi connectivity index (χ3n) is 4.33. The fourth-order valence-electron chi connectivity index (χ4n) is 3.03. The van der Waals surface area contributed by atoms with Crippen LogP contribution in [0.15, 0.2) is 77.9 Å². The first-order chi connectivity index (χ1) is 13.6. The minimum absolute atomic E-state index is 0.351. The van der Waals surface area contributed by atoms with Crippen molar-refractivity contribution in [3.8, 4) is 11.1 Å². The second-order valence-electron chi connectivity index (χ2n) is 6.15. The van der Waals surface area contributed by atoms with Gasteiger partial charge in [0.1, 0.15) is 5.69 Å². The maximum Gasteiger partial charge on any atom is 0.288 e. The van der Waals surface area contributed by atoms with E-state index >= 15 is 0 Å². The highest BCUT2D eigenvalue weighted by Gasteiger charge is 2.20. The molecule has 0 radical (unpaired) electrons. The lowest BCUT2D eigenvalue weighted by Gasteiger charge is -2.06. The number of carbonyl (C=O) groups is 1. The maximum atomic E-state index is 12.8. The number of amides is 1. The molecule has 4 aromatic rings. The van der Waals surface area contributed by atoms with Crippen LogP contribution in [0.5, 0.6) is 0 Å². The van der Waals surface area contributed by atoms with Gasteiger partial charge in [-0.05, 0) is 29.8 Å². The van der Waals surface area contributed by atoms with Crippen molar-refractivity contribution in [3.63, 3.8) is 0 Å². The average molecular weight is 408 g/mol. The van der Waals surface area contributed by atoms with Crippen molar-refractivity contribution in [2.45, 2.75) is 0 Å². The predicted molar refractivity (Wildman–Crippen MR) is 115 cm³/mol. The Balaban J connectivity index is 1.70. The van der Waals surface area contributed by atoms with Crippen LogP contribution in [0.2, 0.25) is 10.0 Å². The van der Waals surface area contributed by atoms with Gasteiger partial charge in [0.05, 0.1) is 6.21 Å². The summed E-state index contributed by atoms with van der Waals surface area (Å²) >= 11 is 12.3. The number of para-hydroxylation sites is 1. The number of nitrogens with zero attached hydrogens (tertiary/aromatic N) is 1. The van der Waals surface area contributed by atoms with Crippen LogP contribution >= 0.6 is 23.2 Å². The van der Waals surface area contributed by atoms with Crippen LogP contribution in [0, 0.1) is 0 Å². The smallest absolute Gasteiger partial charge is 0.288 e. The number of aromatic amines is 1. The Morgan fingerprint density at radius 2 is 1.64 bits per heavy atom. The SMILES string of the molecule is O=C(NN=Cc1ccc(Cl)cc1)c1[nH]c2ccccc2c1-c1ccccc1Cl. The lowest BCUT2D eigenvalue weighted by molar-refractivity contribution is 0.0951. The Morgan fingerprint density at radius 3 is 2.43 bits per heavy atom. The first-order valence-electron chi connectivity index (χ1n) is 8.58. The van der Waals surface area contributed by atoms with Gasteiger partial charge < -0.3 is 4.98 Å². The van der Waals surface area contributed by atoms with E-state index in [0.29, 0.717) is 15.7 Å². The molecule has 0 aliphatic rings. The highest BCUT2D eigenvalue weighted by Crippen LogP contribution is 2.36. The van der Waals surface area contributed by atoms with Crippen LogP contribution < -0.4 is 5.43 Å². The normalized spacial score (nSPS) is 11.2. The van der Waals surface area contributed by atoms with Crippen LogP contribution in [-0.4, -0.2) is 17.1 Å². The van der Waals surface area contributed by atoms with Crippen molar-refractivity contribution < 1.29 is 4.79 Å². The highest BCUT2D eigenvalue weighted by molar-refractivity contribution is 6.34. The molecule has 4 rings (SSSR count). The molecule has 6 heteroatoms. The van der Waals surface area contributed by atoms with E-state index in [2.05, 4.69) is 15.5 Å². The molecule has 0 unspecified atom stereocenters. The summed E-state index contributed by atoms with van der Waals surface area (Å²) in [7, 11) is 0. The lowest BCUT2D eigenvalue weighted by Crippen LogP contribution is -2.18. The molecule has 0 saturated carbocycles. The number of rotatable bonds is 4. The maximum absolute atomic E-state index is 12.8. The summed E-state index contributed by atoms with van der Waals surface area (Å²) in [6, 6.07) is 22.3. The molecule has 2 N–H and O–H groups in total. The van der Waals surface area contributed by atoms with Crippen molar-refractivity contribution in [1.82, 2.24) is 10.4 Å². The van der Waals surface area contributed by atoms with E-state index in [1.165, 1.54) is 0 Å². The number of hydrogen-bond acceptors (Lipinski definition) is 2. The van der Waals surface area contributed by atoms with Gasteiger partial charge in [0.2, 0.25) is 0 Å². The van der Waals surface area contributed by atoms with Crippen molar-refractivity contribution >= 4 is 46.2 Å². The van der Waals surface area contributed by atoms with Crippen molar-refractivity contribution in [1.29, 1.82) is 0 Å². The monoisotopic (exact) mass is 407 g/mol. The molecule has 0 bridgehead atoms. The van der Waals surface area contributed by atoms with E-state index in [4.69, 9.17) is 23.2 Å². The van der Waals surface area contributed by atoms with Gasteiger partial charge in [-0.25, -0.2) is 5.43 Å². The third kappa shape index (κ3) is 3.65. The standard InChI is InChI=1S/C22H15Cl2N3O/c23-15-11-9-14(10-12-15)13-25-27-22(28)21-20(16-5-1-3-7-18(16)24)17-6-2-4-8-19(17)26-21/h1-13,26H,(H,27,28). The first-order valence-corrected chi connectivity index (χ1v) is 9.33. The number of aromatic nitrogens is 1. The summed E-state index contributed by atoms with van der Waals surface area (Å²) in [4.78, 5) is 16.0. The molecule has 0 saturated heterocycles. The molecule has 0 atom stereocenters. The van der Waals surface area contributed by atoms with Gasteiger partial charge in [-0.15, -0.1) is 0 Å². The Labute approximate surface area is 171 Å². The number of benzene rings is 3. The molecule has 3 aromatic carbocycles. The van der Waals surface area contributed by atoms with E-state index < -0.39 is 0 Å². The van der Waals surface area contributed by atoms with Gasteiger partial charge in [-0.1, -0.05) is 71.7 Å². The van der Waals surface area contributed by atoms with Crippen LogP contribution in [0.1, 0.15) is 16.1 Å². The zero-order valence-corrected chi connectivity index (χ0v) is 16.1. The molecular weight excluding hydrogens is 393 g/mol. The van der Waals surface area contributed by atoms with Crippen molar-refractivity contribution in [2.24, 2.45) is 5.10 Å². The highest BCUT2D eigenvalue weighted by atomic mass is 35.5. The van der Waals surface area contributed by atoms with Gasteiger partial charge in [0.25, 0.3) is 5.91 Å². The summed E-state index contributed by atoms with van der Waals surface area (Å²) < 4.78 is 0. The largest absolute Gasteiger partial charge is 0.350 e. The quantitative estimate of drug-likeness (QED) is 0.320. The molecule has 0 aliphatic carbocycles. The molecule has 0 aliphatic heterocycles. The fourth-order valence-corrected chi connectivity index (χ4v) is 3.38. The van der Waals surface area contributed by atoms with E-state index in [0.717, 1.165) is 27.6 Å². The Morgan fingerprint density at radius 1 is 0.929 bits per heavy atom. The lowest BCUT2D eigenvalue weighted by atomic mass is 10.0. The summed E-state index contributed by atoms with van der Waals surface area (Å²) in [5.41, 5.74) is 6.19. The first kappa shape index (κ1) is 18.3. The number of halogens is 2. The number of hydrogen-bond donors (Lipinski definition) is 2. The molecule has 0 spiro atoms. The third-order valence-corrected chi connectivity index (χ3v) is 4.91. The van der Waals surface area contributed by atoms with Crippen LogP contribution in [0.4, 0.5) is 0 Å². The molecule has 28 heavy (non-hydrogen) atoms. The van der Waals surface area contributed by atoms with Gasteiger partial charge >= 0.3 is 0 Å². The topological polar surface area (TPSA) is 57.2 Å². The minimum atomic E-state index is -0.351. The summed E-state index contributed by atoms with van der Waals surface area (Å²) in [6.07, 6.45) is 1.56. The van der Waals surface area contributed by atoms with E-state index in [9.17, 15) is 4.79 Å². The summed E-state index contributed by atoms with van der Waals surface area (Å²) in [6.45, 7) is 0. The Kier molecular flexibility index (Phi) is 5.15. The van der Waals surface area contributed by atoms with Gasteiger partial charge in [-0.2, -0.15) is 5.10 Å². The average Bonchev–Trinajstić information content (AvgIpc) is 3.09. The van der Waals surface area contributed by atoms with Crippen LogP contribution in [0.3, 0.4) is 0 Å². The van der Waals surface area contributed by atoms with Gasteiger partial charge in [-0.3, -0.25) is 4.79 Å². The number of H-pyrrole nitrogens is 1. The Hall–Kier alpha value is -3.08. The summed E-state index contributed by atoms with van der Waals surface area (Å²) in [5, 5.41) is 6.19. The van der Waals surface area contributed by atoms with Crippen molar-refractivity contribution in [2.75, 3.05) is 0 Å². The zero-order valence-electron chi connectivity index (χ0n) is 14.6. The molecule has 1 amide bonds. The molecule has 4 nitrogen and oxygen atoms in total. The minimum Gasteiger partial charge on any atom is -0.350 e. The second kappa shape index (κ2) is 7.89. The van der Waals surface area contributed by atoms with Gasteiger partial charge in [0.15, 0.2) is 0 Å². The molecule has 1 aromatic heterocycles. The van der Waals surface area contributed by atoms with E-state index in [1.807, 2.05) is 54.6 Å². The van der Waals surface area contributed by atoms with E-state index in [1.54, 1.807) is 24.4 Å². The molecule has 138 valence electrons. The van der Waals surface area contributed by atoms with Crippen LogP contribution in [-0.2, 0) is 0 Å². The van der Waals surface area contributed by atoms with Crippen molar-refractivity contribution in [3.05, 3.63) is 94.1 Å². The number of hydrazone groups is 1. The predicted octanol–water partition coefficient (Wildman–Crippen LogP) is 5.91. The zero-order chi connectivity index (χ0) is 19.5. The summed E-state index contributed by atoms with van der Waals surface area (Å²) in [5.74, 6) is -0.351. The van der Waals surface area contributed by atoms with Crippen LogP contribution in [0.25, 0.3) is 22.0 Å². The number of carbonyl (C=O) groups excluding carboxylic acids is 1. The fraction of sp³-hybridized carbons (Fsp3) is 0. The molecule has 1 heterocycles.